The number of carbonyl (C=O) groups excluding carboxylic acids is 2. The standard InChI is InChI=1S/C27H38N2O3/c1-7-24(26(31)28-27(4,5)6)29(19-22-11-8-10-21(3)18-22)25(30)12-9-17-32-23-15-13-20(2)14-16-23/h8,10-11,13-16,18,24H,7,9,12,17,19H2,1-6H3,(H,28,31)/t24-/m1/s1. The number of amides is 2. The van der Waals surface area contributed by atoms with Crippen molar-refractivity contribution in [3.05, 3.63) is 65.2 Å². The van der Waals surface area contributed by atoms with E-state index >= 15 is 0 Å². The zero-order valence-corrected chi connectivity index (χ0v) is 20.4. The highest BCUT2D eigenvalue weighted by Crippen LogP contribution is 2.17. The summed E-state index contributed by atoms with van der Waals surface area (Å²) in [5.41, 5.74) is 2.98. The lowest BCUT2D eigenvalue weighted by Crippen LogP contribution is -2.53. The minimum absolute atomic E-state index is 0.0325. The highest BCUT2D eigenvalue weighted by molar-refractivity contribution is 5.88. The van der Waals surface area contributed by atoms with Crippen LogP contribution < -0.4 is 10.1 Å². The Labute approximate surface area is 193 Å². The molecule has 0 unspecified atom stereocenters. The quantitative estimate of drug-likeness (QED) is 0.520. The molecule has 0 saturated heterocycles. The third kappa shape index (κ3) is 8.37. The van der Waals surface area contributed by atoms with Crippen molar-refractivity contribution in [2.24, 2.45) is 0 Å². The van der Waals surface area contributed by atoms with E-state index in [1.807, 2.05) is 84.0 Å². The smallest absolute Gasteiger partial charge is 0.243 e. The summed E-state index contributed by atoms with van der Waals surface area (Å²) in [6.45, 7) is 12.7. The lowest BCUT2D eigenvalue weighted by molar-refractivity contribution is -0.142. The Morgan fingerprint density at radius 3 is 2.31 bits per heavy atom. The fourth-order valence-electron chi connectivity index (χ4n) is 3.57. The van der Waals surface area contributed by atoms with Crippen molar-refractivity contribution in [3.63, 3.8) is 0 Å². The molecule has 0 aliphatic carbocycles. The van der Waals surface area contributed by atoms with Crippen LogP contribution in [0.3, 0.4) is 0 Å². The lowest BCUT2D eigenvalue weighted by Gasteiger charge is -2.33. The number of nitrogens with zero attached hydrogens (tertiary/aromatic N) is 1. The first-order chi connectivity index (χ1) is 15.1. The Hall–Kier alpha value is -2.82. The van der Waals surface area contributed by atoms with Gasteiger partial charge in [-0.15, -0.1) is 0 Å². The molecule has 0 aliphatic rings. The highest BCUT2D eigenvalue weighted by Gasteiger charge is 2.30. The number of hydrogen-bond acceptors (Lipinski definition) is 3. The molecule has 0 bridgehead atoms. The summed E-state index contributed by atoms with van der Waals surface area (Å²) in [5, 5.41) is 3.04. The van der Waals surface area contributed by atoms with Crippen LogP contribution >= 0.6 is 0 Å². The van der Waals surface area contributed by atoms with Crippen LogP contribution in [-0.4, -0.2) is 34.9 Å². The van der Waals surface area contributed by atoms with Gasteiger partial charge in [-0.3, -0.25) is 9.59 Å². The first-order valence-electron chi connectivity index (χ1n) is 11.5. The van der Waals surface area contributed by atoms with Crippen LogP contribution in [-0.2, 0) is 16.1 Å². The Kier molecular flexibility index (Phi) is 9.30. The monoisotopic (exact) mass is 438 g/mol. The molecule has 1 atom stereocenters. The maximum atomic E-state index is 13.2. The van der Waals surface area contributed by atoms with Gasteiger partial charge in [0.1, 0.15) is 11.8 Å². The number of rotatable bonds is 10. The van der Waals surface area contributed by atoms with E-state index < -0.39 is 6.04 Å². The van der Waals surface area contributed by atoms with Crippen LogP contribution in [0.15, 0.2) is 48.5 Å². The summed E-state index contributed by atoms with van der Waals surface area (Å²) in [6.07, 6.45) is 1.48. The fraction of sp³-hybridized carbons (Fsp3) is 0.481. The predicted molar refractivity (Wildman–Crippen MR) is 130 cm³/mol. The number of hydrogen-bond donors (Lipinski definition) is 1. The third-order valence-electron chi connectivity index (χ3n) is 5.14. The molecule has 0 spiro atoms. The van der Waals surface area contributed by atoms with Gasteiger partial charge in [-0.2, -0.15) is 0 Å². The van der Waals surface area contributed by atoms with E-state index in [4.69, 9.17) is 4.74 Å². The molecule has 2 aromatic carbocycles. The summed E-state index contributed by atoms with van der Waals surface area (Å²) >= 11 is 0. The maximum Gasteiger partial charge on any atom is 0.243 e. The van der Waals surface area contributed by atoms with Crippen LogP contribution in [0.1, 0.15) is 63.6 Å². The second-order valence-electron chi connectivity index (χ2n) is 9.44. The second kappa shape index (κ2) is 11.7. The Morgan fingerprint density at radius 2 is 1.72 bits per heavy atom. The van der Waals surface area contributed by atoms with Crippen molar-refractivity contribution in [1.29, 1.82) is 0 Å². The first kappa shape index (κ1) is 25.4. The molecular weight excluding hydrogens is 400 g/mol. The molecule has 0 aliphatic heterocycles. The van der Waals surface area contributed by atoms with E-state index in [0.717, 1.165) is 16.9 Å². The summed E-state index contributed by atoms with van der Waals surface area (Å²) in [6, 6.07) is 15.4. The summed E-state index contributed by atoms with van der Waals surface area (Å²) in [4.78, 5) is 28.0. The molecule has 5 heteroatoms. The van der Waals surface area contributed by atoms with Crippen LogP contribution in [0, 0.1) is 13.8 Å². The van der Waals surface area contributed by atoms with Crippen molar-refractivity contribution in [1.82, 2.24) is 10.2 Å². The summed E-state index contributed by atoms with van der Waals surface area (Å²) in [7, 11) is 0. The van der Waals surface area contributed by atoms with E-state index in [1.54, 1.807) is 4.90 Å². The number of nitrogens with one attached hydrogen (secondary N) is 1. The van der Waals surface area contributed by atoms with E-state index in [1.165, 1.54) is 5.56 Å². The molecule has 0 aromatic heterocycles. The van der Waals surface area contributed by atoms with Crippen molar-refractivity contribution >= 4 is 11.8 Å². The van der Waals surface area contributed by atoms with Crippen LogP contribution in [0.4, 0.5) is 0 Å². The molecular formula is C27H38N2O3. The maximum absolute atomic E-state index is 13.2. The molecule has 1 N–H and O–H groups in total. The third-order valence-corrected chi connectivity index (χ3v) is 5.14. The number of carbonyl (C=O) groups is 2. The van der Waals surface area contributed by atoms with Gasteiger partial charge in [-0.25, -0.2) is 0 Å². The van der Waals surface area contributed by atoms with Gasteiger partial charge in [0.25, 0.3) is 0 Å². The van der Waals surface area contributed by atoms with E-state index in [2.05, 4.69) is 11.4 Å². The zero-order chi connectivity index (χ0) is 23.7. The predicted octanol–water partition coefficient (Wildman–Crippen LogP) is 5.18. The topological polar surface area (TPSA) is 58.6 Å². The van der Waals surface area contributed by atoms with E-state index in [9.17, 15) is 9.59 Å². The summed E-state index contributed by atoms with van der Waals surface area (Å²) < 4.78 is 5.78. The SMILES string of the molecule is CC[C@H](C(=O)NC(C)(C)C)N(Cc1cccc(C)c1)C(=O)CCCOc1ccc(C)cc1. The van der Waals surface area contributed by atoms with Gasteiger partial charge in [-0.05, 0) is 65.2 Å². The fourth-order valence-corrected chi connectivity index (χ4v) is 3.57. The van der Waals surface area contributed by atoms with Crippen molar-refractivity contribution in [2.45, 2.75) is 78.9 Å². The van der Waals surface area contributed by atoms with Gasteiger partial charge in [0.15, 0.2) is 0 Å². The van der Waals surface area contributed by atoms with Gasteiger partial charge >= 0.3 is 0 Å². The van der Waals surface area contributed by atoms with Crippen LogP contribution in [0.5, 0.6) is 5.75 Å². The Bertz CT molecular complexity index is 885. The van der Waals surface area contributed by atoms with Crippen molar-refractivity contribution in [3.8, 4) is 5.75 Å². The first-order valence-corrected chi connectivity index (χ1v) is 11.5. The highest BCUT2D eigenvalue weighted by atomic mass is 16.5. The van der Waals surface area contributed by atoms with Crippen molar-refractivity contribution in [2.75, 3.05) is 6.61 Å². The minimum atomic E-state index is -0.514. The average molecular weight is 439 g/mol. The number of aryl methyl sites for hydroxylation is 2. The van der Waals surface area contributed by atoms with Crippen LogP contribution in [0.25, 0.3) is 0 Å². The molecule has 32 heavy (non-hydrogen) atoms. The lowest BCUT2D eigenvalue weighted by atomic mass is 10.0. The molecule has 174 valence electrons. The van der Waals surface area contributed by atoms with E-state index in [-0.39, 0.29) is 17.4 Å². The van der Waals surface area contributed by atoms with E-state index in [0.29, 0.717) is 32.4 Å². The summed E-state index contributed by atoms with van der Waals surface area (Å²) in [5.74, 6) is 0.655. The van der Waals surface area contributed by atoms with Gasteiger partial charge in [0.2, 0.25) is 11.8 Å². The largest absolute Gasteiger partial charge is 0.494 e. The molecule has 0 heterocycles. The van der Waals surface area contributed by atoms with Gasteiger partial charge in [0.05, 0.1) is 6.61 Å². The molecule has 0 saturated carbocycles. The Balaban J connectivity index is 2.08. The minimum Gasteiger partial charge on any atom is -0.494 e. The Morgan fingerprint density at radius 1 is 1.03 bits per heavy atom. The number of benzene rings is 2. The molecule has 2 amide bonds. The molecule has 0 radical (unpaired) electrons. The van der Waals surface area contributed by atoms with Crippen molar-refractivity contribution < 1.29 is 14.3 Å². The number of ether oxygens (including phenoxy) is 1. The molecule has 0 fully saturated rings. The normalized spacial score (nSPS) is 12.2. The van der Waals surface area contributed by atoms with Crippen LogP contribution in [0.2, 0.25) is 0 Å². The average Bonchev–Trinajstić information content (AvgIpc) is 2.71. The van der Waals surface area contributed by atoms with Gasteiger partial charge in [0, 0.05) is 18.5 Å². The van der Waals surface area contributed by atoms with Gasteiger partial charge < -0.3 is 15.0 Å². The second-order valence-corrected chi connectivity index (χ2v) is 9.44. The molecule has 2 aromatic rings. The van der Waals surface area contributed by atoms with Gasteiger partial charge in [-0.1, -0.05) is 54.4 Å². The molecule has 2 rings (SSSR count). The zero-order valence-electron chi connectivity index (χ0n) is 20.4. The molecule has 5 nitrogen and oxygen atoms in total.